The number of halogens is 1. The van der Waals surface area contributed by atoms with Crippen LogP contribution in [0, 0.1) is 41.3 Å². The molecule has 1 aromatic carbocycles. The van der Waals surface area contributed by atoms with Crippen LogP contribution in [0.3, 0.4) is 0 Å². The number of carboxylic acid groups (broad SMARTS) is 1. The van der Waals surface area contributed by atoms with Gasteiger partial charge in [0.05, 0.1) is 53.9 Å². The van der Waals surface area contributed by atoms with Crippen LogP contribution >= 0.6 is 0 Å². The first-order chi connectivity index (χ1) is 26.8. The molecule has 13 nitrogen and oxygen atoms in total. The van der Waals surface area contributed by atoms with Crippen LogP contribution in [0.4, 0.5) is 14.9 Å². The maximum atomic E-state index is 13.3. The van der Waals surface area contributed by atoms with Gasteiger partial charge < -0.3 is 53.3 Å². The maximum absolute atomic E-state index is 13.3. The number of hydrogen-bond acceptors (Lipinski definition) is 12. The molecule has 6 rings (SSSR count). The number of anilines is 1. The van der Waals surface area contributed by atoms with Gasteiger partial charge in [0.15, 0.2) is 5.79 Å². The van der Waals surface area contributed by atoms with E-state index in [0.717, 1.165) is 12.8 Å². The molecule has 0 bridgehead atoms. The summed E-state index contributed by atoms with van der Waals surface area (Å²) in [6.07, 6.45) is 1.08. The summed E-state index contributed by atoms with van der Waals surface area (Å²) >= 11 is 0. The van der Waals surface area contributed by atoms with Gasteiger partial charge in [0.1, 0.15) is 12.4 Å². The van der Waals surface area contributed by atoms with Crippen molar-refractivity contribution >= 4 is 17.7 Å². The number of carbonyl (C=O) groups is 2. The summed E-state index contributed by atoms with van der Waals surface area (Å²) in [5, 5.41) is 37.4. The molecule has 58 heavy (non-hydrogen) atoms. The first-order valence-electron chi connectivity index (χ1n) is 21.0. The molecule has 17 atom stereocenters. The van der Waals surface area contributed by atoms with E-state index >= 15 is 0 Å². The molecule has 1 aromatic rings. The minimum absolute atomic E-state index is 0. The number of ether oxygens (including phenoxy) is 7. The molecule has 0 aliphatic carbocycles. The van der Waals surface area contributed by atoms with Gasteiger partial charge in [0.25, 0.3) is 0 Å². The maximum Gasteiger partial charge on any atom is 1.00 e. The van der Waals surface area contributed by atoms with Crippen molar-refractivity contribution < 1.29 is 92.0 Å². The van der Waals surface area contributed by atoms with E-state index in [1.54, 1.807) is 6.92 Å². The molecule has 5 fully saturated rings. The van der Waals surface area contributed by atoms with Crippen molar-refractivity contribution in [2.24, 2.45) is 35.5 Å². The van der Waals surface area contributed by atoms with Crippen molar-refractivity contribution in [3.8, 4) is 0 Å². The number of hydrogen-bond donors (Lipinski definition) is 3. The largest absolute Gasteiger partial charge is 1.00 e. The second-order valence-corrected chi connectivity index (χ2v) is 18.3. The van der Waals surface area contributed by atoms with Crippen LogP contribution in [0.25, 0.3) is 0 Å². The van der Waals surface area contributed by atoms with E-state index in [4.69, 9.17) is 33.2 Å². The summed E-state index contributed by atoms with van der Waals surface area (Å²) in [4.78, 5) is 24.4. The number of carbonyl (C=O) groups excluding carboxylic acids is 2. The van der Waals surface area contributed by atoms with E-state index in [0.29, 0.717) is 44.2 Å². The van der Waals surface area contributed by atoms with Gasteiger partial charge in [-0.2, -0.15) is 0 Å². The number of methoxy groups -OCH3 is 1. The number of aliphatic hydroxyl groups is 2. The molecule has 5 aliphatic heterocycles. The third kappa shape index (κ3) is 9.47. The van der Waals surface area contributed by atoms with Gasteiger partial charge in [-0.05, 0) is 81.5 Å². The summed E-state index contributed by atoms with van der Waals surface area (Å²) in [5.74, 6) is -6.06. The molecular formula is C43H65FNNaO12. The molecule has 0 saturated carbocycles. The van der Waals surface area contributed by atoms with Gasteiger partial charge in [0.2, 0.25) is 5.79 Å². The van der Waals surface area contributed by atoms with Gasteiger partial charge in [-0.25, -0.2) is 9.18 Å². The molecule has 0 aromatic heterocycles. The van der Waals surface area contributed by atoms with Gasteiger partial charge in [-0.15, -0.1) is 0 Å². The van der Waals surface area contributed by atoms with Gasteiger partial charge in [0, 0.05) is 55.3 Å². The monoisotopic (exact) mass is 829 g/mol. The number of aliphatic carboxylic acids is 1. The van der Waals surface area contributed by atoms with Crippen LogP contribution in [-0.2, 0) is 38.0 Å². The van der Waals surface area contributed by atoms with E-state index in [2.05, 4.69) is 33.0 Å². The zero-order valence-electron chi connectivity index (χ0n) is 36.0. The van der Waals surface area contributed by atoms with Crippen LogP contribution in [-0.4, -0.2) is 101 Å². The van der Waals surface area contributed by atoms with E-state index in [1.807, 2.05) is 20.8 Å². The Hall–Kier alpha value is -1.43. The minimum atomic E-state index is -1.73. The standard InChI is InChI=1S/C43H66FNO12.Na/c1-10-41(16-15-33(54-41)40(8)17-18-42(57-40)21-31(46)26(5)36(55-42)27(6)35(51-9)28(7)38(47)48)37-24(3)20-32(53-37)34-23(2)19-25(4)43(50,56-34)22-52-39(49)45-30-13-11-29(44)12-14-30;/h11-14,23-28,31-37,46,50H,10,15-22H2,1-9H3,(H,45,49)(H,47,48);/q;+1/p-1/t23-,24-,25+,26+,27-,28+,31-,32+,33+,34-,35+,36-,37+,40-,41-,42+,43-;/m0./s1. The summed E-state index contributed by atoms with van der Waals surface area (Å²) in [6, 6.07) is 5.31. The fourth-order valence-electron chi connectivity index (χ4n) is 10.7. The molecule has 5 aliphatic rings. The number of rotatable bonds is 12. The molecule has 1 spiro atoms. The zero-order chi connectivity index (χ0) is 41.7. The molecule has 3 N–H and O–H groups in total. The fraction of sp³-hybridized carbons (Fsp3) is 0.814. The van der Waals surface area contributed by atoms with Crippen LogP contribution in [0.5, 0.6) is 0 Å². The molecule has 0 radical (unpaired) electrons. The molecule has 0 unspecified atom stereocenters. The van der Waals surface area contributed by atoms with E-state index in [1.165, 1.54) is 31.4 Å². The summed E-state index contributed by atoms with van der Waals surface area (Å²) < 4.78 is 58.6. The molecule has 5 heterocycles. The normalized spacial score (nSPS) is 43.0. The summed E-state index contributed by atoms with van der Waals surface area (Å²) in [7, 11) is 1.48. The number of benzene rings is 1. The Morgan fingerprint density at radius 1 is 1.03 bits per heavy atom. The summed E-state index contributed by atoms with van der Waals surface area (Å²) in [5.41, 5.74) is -0.930. The molecule has 15 heteroatoms. The second kappa shape index (κ2) is 18.5. The van der Waals surface area contributed by atoms with Crippen LogP contribution < -0.4 is 40.0 Å². The average molecular weight is 830 g/mol. The molecule has 1 amide bonds. The molecule has 322 valence electrons. The quantitative estimate of drug-likeness (QED) is 0.263. The molecule has 5 saturated heterocycles. The van der Waals surface area contributed by atoms with Crippen molar-refractivity contribution in [2.45, 2.75) is 172 Å². The number of carboxylic acids is 1. The first kappa shape index (κ1) is 47.6. The smallest absolute Gasteiger partial charge is 0.550 e. The van der Waals surface area contributed by atoms with Crippen LogP contribution in [0.2, 0.25) is 0 Å². The zero-order valence-corrected chi connectivity index (χ0v) is 38.0. The van der Waals surface area contributed by atoms with Crippen molar-refractivity contribution in [1.82, 2.24) is 0 Å². The second-order valence-electron chi connectivity index (χ2n) is 18.3. The number of nitrogens with one attached hydrogen (secondary N) is 1. The van der Waals surface area contributed by atoms with Crippen LogP contribution in [0.15, 0.2) is 24.3 Å². The third-order valence-corrected chi connectivity index (χ3v) is 14.3. The minimum Gasteiger partial charge on any atom is -0.550 e. The average Bonchev–Trinajstić information content (AvgIpc) is 3.88. The van der Waals surface area contributed by atoms with E-state index in [9.17, 15) is 29.3 Å². The SMILES string of the molecule is CC[C@@]1([C@@H]2O[C@@H]([C@H]3O[C@@](O)(COC(=O)Nc4ccc(F)cc4)[C@H](C)C[C@@H]3C)C[C@@H]2C)CC[C@H]([C@]2(C)CC[C@]3(C[C@H](O)[C@@H](C)[C@@H]([C@@H](C)[C@@H](OC)[C@@H](C)C(=O)[O-])O3)O2)O1.[Na+]. The Morgan fingerprint density at radius 2 is 1.72 bits per heavy atom. The summed E-state index contributed by atoms with van der Waals surface area (Å²) in [6.45, 7) is 15.3. The fourth-order valence-corrected chi connectivity index (χ4v) is 10.7. The predicted octanol–water partition coefficient (Wildman–Crippen LogP) is 2.34. The Kier molecular flexibility index (Phi) is 15.2. The van der Waals surface area contributed by atoms with Gasteiger partial charge >= 0.3 is 35.7 Å². The first-order valence-corrected chi connectivity index (χ1v) is 21.0. The Balaban J connectivity index is 0.00000641. The molecular weight excluding hydrogens is 764 g/mol. The van der Waals surface area contributed by atoms with E-state index < -0.39 is 71.0 Å². The Labute approximate surface area is 365 Å². The van der Waals surface area contributed by atoms with Crippen molar-refractivity contribution in [3.05, 3.63) is 30.1 Å². The number of aliphatic hydroxyl groups excluding tert-OH is 1. The predicted molar refractivity (Wildman–Crippen MR) is 204 cm³/mol. The number of amides is 1. The van der Waals surface area contributed by atoms with Gasteiger partial charge in [-0.3, -0.25) is 5.32 Å². The Bertz CT molecular complexity index is 1580. The van der Waals surface area contributed by atoms with E-state index in [-0.39, 0.29) is 84.1 Å². The van der Waals surface area contributed by atoms with Crippen LogP contribution in [0.1, 0.15) is 107 Å². The van der Waals surface area contributed by atoms with Crippen molar-refractivity contribution in [3.63, 3.8) is 0 Å². The van der Waals surface area contributed by atoms with Crippen molar-refractivity contribution in [2.75, 3.05) is 19.0 Å². The topological polar surface area (TPSA) is 174 Å². The Morgan fingerprint density at radius 3 is 2.36 bits per heavy atom. The third-order valence-electron chi connectivity index (χ3n) is 14.3. The van der Waals surface area contributed by atoms with Crippen molar-refractivity contribution in [1.29, 1.82) is 0 Å². The van der Waals surface area contributed by atoms with Gasteiger partial charge in [-0.1, -0.05) is 48.5 Å².